The molecular weight excluding hydrogens is 412 g/mol. The van der Waals surface area contributed by atoms with E-state index in [4.69, 9.17) is 9.47 Å². The lowest BCUT2D eigenvalue weighted by Gasteiger charge is -2.22. The fourth-order valence-corrected chi connectivity index (χ4v) is 4.14. The normalized spacial score (nSPS) is 15.5. The van der Waals surface area contributed by atoms with Crippen LogP contribution in [0.3, 0.4) is 0 Å². The van der Waals surface area contributed by atoms with E-state index < -0.39 is 5.97 Å². The summed E-state index contributed by atoms with van der Waals surface area (Å²) in [7, 11) is 1.61. The lowest BCUT2D eigenvalue weighted by atomic mass is 9.98. The molecule has 6 nitrogen and oxygen atoms in total. The first-order valence-corrected chi connectivity index (χ1v) is 10.8. The van der Waals surface area contributed by atoms with Gasteiger partial charge in [-0.3, -0.25) is 9.59 Å². The first kappa shape index (κ1) is 20.8. The van der Waals surface area contributed by atoms with Crippen molar-refractivity contribution < 1.29 is 19.1 Å². The van der Waals surface area contributed by atoms with E-state index in [1.54, 1.807) is 7.11 Å². The number of hydrogen-bond donors (Lipinski definition) is 0. The molecule has 3 aromatic rings. The number of hydrogen-bond acceptors (Lipinski definition) is 6. The van der Waals surface area contributed by atoms with E-state index in [0.29, 0.717) is 6.42 Å². The highest BCUT2D eigenvalue weighted by Crippen LogP contribution is 2.33. The van der Waals surface area contributed by atoms with Crippen molar-refractivity contribution in [1.82, 2.24) is 5.01 Å². The van der Waals surface area contributed by atoms with Gasteiger partial charge in [0.1, 0.15) is 5.75 Å². The van der Waals surface area contributed by atoms with Crippen molar-refractivity contribution in [3.63, 3.8) is 0 Å². The number of carbonyl (C=O) groups is 2. The first-order chi connectivity index (χ1) is 15.1. The molecule has 0 aliphatic carbocycles. The Kier molecular flexibility index (Phi) is 6.43. The molecule has 0 spiro atoms. The average Bonchev–Trinajstić information content (AvgIpc) is 3.48. The molecule has 7 heteroatoms. The lowest BCUT2D eigenvalue weighted by Crippen LogP contribution is -2.31. The number of rotatable bonds is 7. The van der Waals surface area contributed by atoms with Gasteiger partial charge in [0, 0.05) is 11.3 Å². The van der Waals surface area contributed by atoms with Crippen LogP contribution in [-0.2, 0) is 20.7 Å². The molecule has 0 unspecified atom stereocenters. The summed E-state index contributed by atoms with van der Waals surface area (Å²) in [5.74, 6) is -0.0409. The van der Waals surface area contributed by atoms with Crippen molar-refractivity contribution in [2.45, 2.75) is 18.9 Å². The number of esters is 1. The molecule has 158 valence electrons. The maximum atomic E-state index is 13.0. The van der Waals surface area contributed by atoms with Crippen LogP contribution in [0, 0.1) is 0 Å². The van der Waals surface area contributed by atoms with E-state index in [-0.39, 0.29) is 25.0 Å². The highest BCUT2D eigenvalue weighted by molar-refractivity contribution is 7.10. The number of ether oxygens (including phenoxy) is 2. The number of amides is 1. The number of thiophene rings is 1. The van der Waals surface area contributed by atoms with Crippen molar-refractivity contribution >= 4 is 28.9 Å². The standard InChI is InChI=1S/C24H22N2O4S/c1-29-19-11-9-18(10-12-19)22-15-21(17-6-3-2-4-7-17)25-26(22)23(27)16-30-24(28)14-20-8-5-13-31-20/h2-13,22H,14-16H2,1H3/t22-/m1/s1. The quantitative estimate of drug-likeness (QED) is 0.522. The molecule has 0 radical (unpaired) electrons. The van der Waals surface area contributed by atoms with Gasteiger partial charge in [-0.05, 0) is 34.7 Å². The summed E-state index contributed by atoms with van der Waals surface area (Å²) in [4.78, 5) is 26.0. The second kappa shape index (κ2) is 9.57. The number of benzene rings is 2. The summed E-state index contributed by atoms with van der Waals surface area (Å²) in [6.07, 6.45) is 0.733. The van der Waals surface area contributed by atoms with Gasteiger partial charge in [-0.25, -0.2) is 5.01 Å². The maximum Gasteiger partial charge on any atom is 0.311 e. The summed E-state index contributed by atoms with van der Waals surface area (Å²) < 4.78 is 10.5. The van der Waals surface area contributed by atoms with Gasteiger partial charge < -0.3 is 9.47 Å². The summed E-state index contributed by atoms with van der Waals surface area (Å²) in [5.41, 5.74) is 2.72. The summed E-state index contributed by atoms with van der Waals surface area (Å²) in [5, 5.41) is 7.93. The molecule has 0 fully saturated rings. The Morgan fingerprint density at radius 3 is 2.52 bits per heavy atom. The second-order valence-corrected chi connectivity index (χ2v) is 8.09. The molecular formula is C24H22N2O4S. The van der Waals surface area contributed by atoms with Crippen molar-refractivity contribution in [2.75, 3.05) is 13.7 Å². The van der Waals surface area contributed by atoms with E-state index >= 15 is 0 Å². The SMILES string of the molecule is COc1ccc([C@H]2CC(c3ccccc3)=NN2C(=O)COC(=O)Cc2cccs2)cc1. The zero-order valence-electron chi connectivity index (χ0n) is 17.1. The van der Waals surface area contributed by atoms with Crippen LogP contribution in [0.4, 0.5) is 0 Å². The van der Waals surface area contributed by atoms with E-state index in [1.165, 1.54) is 16.3 Å². The molecule has 1 atom stereocenters. The van der Waals surface area contributed by atoms with Crippen molar-refractivity contribution in [3.05, 3.63) is 88.1 Å². The van der Waals surface area contributed by atoms with Gasteiger partial charge in [0.2, 0.25) is 0 Å². The largest absolute Gasteiger partial charge is 0.497 e. The van der Waals surface area contributed by atoms with E-state index in [2.05, 4.69) is 5.10 Å². The Morgan fingerprint density at radius 1 is 1.06 bits per heavy atom. The van der Waals surface area contributed by atoms with Crippen LogP contribution in [0.1, 0.15) is 28.5 Å². The lowest BCUT2D eigenvalue weighted by molar-refractivity contribution is -0.152. The third-order valence-corrected chi connectivity index (χ3v) is 5.91. The van der Waals surface area contributed by atoms with Gasteiger partial charge in [0.05, 0.1) is 25.3 Å². The van der Waals surface area contributed by atoms with Crippen LogP contribution in [-0.4, -0.2) is 36.3 Å². The van der Waals surface area contributed by atoms with Crippen LogP contribution < -0.4 is 4.74 Å². The van der Waals surface area contributed by atoms with Gasteiger partial charge in [-0.15, -0.1) is 11.3 Å². The van der Waals surface area contributed by atoms with Gasteiger partial charge in [0.25, 0.3) is 5.91 Å². The topological polar surface area (TPSA) is 68.2 Å². The second-order valence-electron chi connectivity index (χ2n) is 7.06. The summed E-state index contributed by atoms with van der Waals surface area (Å²) >= 11 is 1.48. The molecule has 4 rings (SSSR count). The minimum absolute atomic E-state index is 0.158. The number of carbonyl (C=O) groups excluding carboxylic acids is 2. The van der Waals surface area contributed by atoms with Gasteiger partial charge >= 0.3 is 5.97 Å². The third kappa shape index (κ3) is 5.00. The fourth-order valence-electron chi connectivity index (χ4n) is 3.45. The Balaban J connectivity index is 1.50. The Bertz CT molecular complexity index is 1060. The zero-order valence-corrected chi connectivity index (χ0v) is 17.9. The van der Waals surface area contributed by atoms with Crippen LogP contribution in [0.15, 0.2) is 77.2 Å². The summed E-state index contributed by atoms with van der Waals surface area (Å²) in [6, 6.07) is 20.8. The van der Waals surface area contributed by atoms with Crippen LogP contribution in [0.25, 0.3) is 0 Å². The molecule has 1 aliphatic rings. The molecule has 2 heterocycles. The average molecular weight is 435 g/mol. The number of methoxy groups -OCH3 is 1. The molecule has 2 aromatic carbocycles. The van der Waals surface area contributed by atoms with E-state index in [0.717, 1.165) is 27.5 Å². The van der Waals surface area contributed by atoms with Crippen molar-refractivity contribution in [3.8, 4) is 5.75 Å². The zero-order chi connectivity index (χ0) is 21.6. The van der Waals surface area contributed by atoms with Gasteiger partial charge in [-0.2, -0.15) is 5.10 Å². The molecule has 0 saturated heterocycles. The van der Waals surface area contributed by atoms with Gasteiger partial charge in [-0.1, -0.05) is 48.5 Å². The molecule has 1 aliphatic heterocycles. The highest BCUT2D eigenvalue weighted by atomic mass is 32.1. The monoisotopic (exact) mass is 434 g/mol. The molecule has 0 N–H and O–H groups in total. The molecule has 0 saturated carbocycles. The Morgan fingerprint density at radius 2 is 1.84 bits per heavy atom. The predicted molar refractivity (Wildman–Crippen MR) is 119 cm³/mol. The number of hydrazone groups is 1. The van der Waals surface area contributed by atoms with E-state index in [1.807, 2.05) is 72.1 Å². The van der Waals surface area contributed by atoms with Crippen LogP contribution >= 0.6 is 11.3 Å². The Labute approximate surface area is 184 Å². The third-order valence-electron chi connectivity index (χ3n) is 5.03. The highest BCUT2D eigenvalue weighted by Gasteiger charge is 2.33. The molecule has 0 bridgehead atoms. The minimum atomic E-state index is -0.428. The van der Waals surface area contributed by atoms with Crippen molar-refractivity contribution in [1.29, 1.82) is 0 Å². The van der Waals surface area contributed by atoms with Gasteiger partial charge in [0.15, 0.2) is 6.61 Å². The predicted octanol–water partition coefficient (Wildman–Crippen LogP) is 4.22. The smallest absolute Gasteiger partial charge is 0.311 e. The molecule has 1 aromatic heterocycles. The van der Waals surface area contributed by atoms with Crippen LogP contribution in [0.5, 0.6) is 5.75 Å². The van der Waals surface area contributed by atoms with Crippen LogP contribution in [0.2, 0.25) is 0 Å². The van der Waals surface area contributed by atoms with E-state index in [9.17, 15) is 9.59 Å². The first-order valence-electron chi connectivity index (χ1n) is 9.91. The fraction of sp³-hybridized carbons (Fsp3) is 0.208. The molecule has 1 amide bonds. The Hall–Kier alpha value is -3.45. The molecule has 31 heavy (non-hydrogen) atoms. The minimum Gasteiger partial charge on any atom is -0.497 e. The maximum absolute atomic E-state index is 13.0. The number of nitrogens with zero attached hydrogens (tertiary/aromatic N) is 2. The summed E-state index contributed by atoms with van der Waals surface area (Å²) in [6.45, 7) is -0.345. The van der Waals surface area contributed by atoms with Crippen molar-refractivity contribution in [2.24, 2.45) is 5.10 Å².